The van der Waals surface area contributed by atoms with E-state index in [4.69, 9.17) is 4.74 Å². The van der Waals surface area contributed by atoms with Gasteiger partial charge >= 0.3 is 0 Å². The summed E-state index contributed by atoms with van der Waals surface area (Å²) in [6.07, 6.45) is 6.67. The number of likely N-dealkylation sites (N-methyl/N-ethyl adjacent to an activating group) is 1. The molecular formula is C23H34ClNO2. The second-order valence-corrected chi connectivity index (χ2v) is 7.23. The molecule has 3 nitrogen and oxygen atoms in total. The molecule has 0 aromatic heterocycles. The predicted molar refractivity (Wildman–Crippen MR) is 116 cm³/mol. The molecule has 0 aliphatic heterocycles. The van der Waals surface area contributed by atoms with Crippen LogP contribution in [-0.4, -0.2) is 43.4 Å². The fourth-order valence-electron chi connectivity index (χ4n) is 3.15. The maximum atomic E-state index is 9.97. The predicted octanol–water partition coefficient (Wildman–Crippen LogP) is 4.76. The summed E-state index contributed by atoms with van der Waals surface area (Å²) in [7, 11) is 3.91. The first-order chi connectivity index (χ1) is 12.6. The number of nitrogens with zero attached hydrogens (tertiary/aromatic N) is 1. The molecule has 0 fully saturated rings. The van der Waals surface area contributed by atoms with Gasteiger partial charge in [-0.3, -0.25) is 0 Å². The Labute approximate surface area is 170 Å². The quantitative estimate of drug-likeness (QED) is 0.529. The minimum Gasteiger partial charge on any atom is -0.491 e. The van der Waals surface area contributed by atoms with Gasteiger partial charge in [0.25, 0.3) is 0 Å². The van der Waals surface area contributed by atoms with E-state index in [1.54, 1.807) is 0 Å². The summed E-state index contributed by atoms with van der Waals surface area (Å²) in [5, 5.41) is 9.97. The van der Waals surface area contributed by atoms with Crippen molar-refractivity contribution in [2.24, 2.45) is 0 Å². The van der Waals surface area contributed by atoms with Gasteiger partial charge in [0.2, 0.25) is 0 Å². The van der Waals surface area contributed by atoms with Crippen molar-refractivity contribution >= 4 is 12.4 Å². The summed E-state index contributed by atoms with van der Waals surface area (Å²) in [5.41, 5.74) is 2.68. The Morgan fingerprint density at radius 1 is 0.852 bits per heavy atom. The largest absolute Gasteiger partial charge is 0.491 e. The molecule has 0 radical (unpaired) electrons. The summed E-state index contributed by atoms with van der Waals surface area (Å²) in [6, 6.07) is 18.9. The standard InChI is InChI=1S/C23H33NO2.ClH/c1-24(2)18-22(25)19-26-23-17-11-10-16-21(23)15-9-4-3-6-12-20-13-7-5-8-14-20;/h5,7-8,10-11,13-14,16-17,22,25H,3-4,6,9,12,15,18-19H2,1-2H3;1H. The molecule has 1 unspecified atom stereocenters. The van der Waals surface area contributed by atoms with Crippen LogP contribution in [0.4, 0.5) is 0 Å². The van der Waals surface area contributed by atoms with Crippen molar-refractivity contribution in [3.05, 3.63) is 65.7 Å². The van der Waals surface area contributed by atoms with Gasteiger partial charge in [-0.15, -0.1) is 12.4 Å². The van der Waals surface area contributed by atoms with Crippen LogP contribution in [0.15, 0.2) is 54.6 Å². The molecule has 2 aromatic rings. The topological polar surface area (TPSA) is 32.7 Å². The third-order valence-corrected chi connectivity index (χ3v) is 4.48. The first kappa shape index (κ1) is 23.5. The number of ether oxygens (including phenoxy) is 1. The third-order valence-electron chi connectivity index (χ3n) is 4.48. The second-order valence-electron chi connectivity index (χ2n) is 7.23. The van der Waals surface area contributed by atoms with Crippen LogP contribution in [0.1, 0.15) is 36.8 Å². The molecule has 0 spiro atoms. The number of benzene rings is 2. The first-order valence-corrected chi connectivity index (χ1v) is 9.72. The molecule has 0 amide bonds. The molecule has 0 aliphatic rings. The van der Waals surface area contributed by atoms with E-state index in [-0.39, 0.29) is 12.4 Å². The lowest BCUT2D eigenvalue weighted by Gasteiger charge is -2.18. The molecule has 2 aromatic carbocycles. The maximum Gasteiger partial charge on any atom is 0.122 e. The van der Waals surface area contributed by atoms with Crippen LogP contribution in [0.2, 0.25) is 0 Å². The lowest BCUT2D eigenvalue weighted by Crippen LogP contribution is -2.30. The number of aryl methyl sites for hydroxylation is 2. The van der Waals surface area contributed by atoms with E-state index < -0.39 is 6.10 Å². The molecule has 2 rings (SSSR count). The second kappa shape index (κ2) is 13.6. The molecule has 0 saturated carbocycles. The molecular weight excluding hydrogens is 358 g/mol. The Morgan fingerprint density at radius 2 is 1.48 bits per heavy atom. The van der Waals surface area contributed by atoms with Crippen molar-refractivity contribution in [2.45, 2.75) is 44.6 Å². The van der Waals surface area contributed by atoms with Crippen molar-refractivity contribution in [1.82, 2.24) is 4.90 Å². The smallest absolute Gasteiger partial charge is 0.122 e. The summed E-state index contributed by atoms with van der Waals surface area (Å²) < 4.78 is 5.86. The lowest BCUT2D eigenvalue weighted by atomic mass is 10.0. The van der Waals surface area contributed by atoms with E-state index in [0.717, 1.165) is 12.2 Å². The number of unbranched alkanes of at least 4 members (excludes halogenated alkanes) is 3. The van der Waals surface area contributed by atoms with Gasteiger partial charge in [-0.1, -0.05) is 61.4 Å². The first-order valence-electron chi connectivity index (χ1n) is 9.72. The molecule has 0 saturated heterocycles. The lowest BCUT2D eigenvalue weighted by molar-refractivity contribution is 0.0827. The van der Waals surface area contributed by atoms with Crippen molar-refractivity contribution in [3.63, 3.8) is 0 Å². The van der Waals surface area contributed by atoms with Crippen LogP contribution in [0.5, 0.6) is 5.75 Å². The van der Waals surface area contributed by atoms with Crippen molar-refractivity contribution in [1.29, 1.82) is 0 Å². The Kier molecular flexibility index (Phi) is 11.8. The zero-order valence-electron chi connectivity index (χ0n) is 16.6. The van der Waals surface area contributed by atoms with Crippen LogP contribution in [-0.2, 0) is 12.8 Å². The fraction of sp³-hybridized carbons (Fsp3) is 0.478. The number of hydrogen-bond donors (Lipinski definition) is 1. The van der Waals surface area contributed by atoms with E-state index in [1.165, 1.54) is 43.2 Å². The number of para-hydroxylation sites is 1. The number of aliphatic hydroxyl groups excluding tert-OH is 1. The van der Waals surface area contributed by atoms with Crippen molar-refractivity contribution in [2.75, 3.05) is 27.2 Å². The van der Waals surface area contributed by atoms with E-state index in [2.05, 4.69) is 42.5 Å². The van der Waals surface area contributed by atoms with Crippen molar-refractivity contribution < 1.29 is 9.84 Å². The number of rotatable bonds is 12. The van der Waals surface area contributed by atoms with Crippen LogP contribution < -0.4 is 4.74 Å². The van der Waals surface area contributed by atoms with Gasteiger partial charge in [-0.25, -0.2) is 0 Å². The molecule has 0 aliphatic carbocycles. The van der Waals surface area contributed by atoms with Gasteiger partial charge in [0.05, 0.1) is 0 Å². The highest BCUT2D eigenvalue weighted by atomic mass is 35.5. The highest BCUT2D eigenvalue weighted by molar-refractivity contribution is 5.85. The summed E-state index contributed by atoms with van der Waals surface area (Å²) in [6.45, 7) is 0.954. The molecule has 0 heterocycles. The Hall–Kier alpha value is -1.55. The highest BCUT2D eigenvalue weighted by Gasteiger charge is 2.09. The summed E-state index contributed by atoms with van der Waals surface area (Å²) in [4.78, 5) is 1.97. The number of halogens is 1. The average Bonchev–Trinajstić information content (AvgIpc) is 2.64. The Bertz CT molecular complexity index is 619. The molecule has 1 N–H and O–H groups in total. The SMILES string of the molecule is CN(C)CC(O)COc1ccccc1CCCCCCc1ccccc1.Cl. The van der Waals surface area contributed by atoms with E-state index >= 15 is 0 Å². The zero-order valence-corrected chi connectivity index (χ0v) is 17.5. The average molecular weight is 392 g/mol. The third kappa shape index (κ3) is 9.81. The molecule has 27 heavy (non-hydrogen) atoms. The monoisotopic (exact) mass is 391 g/mol. The van der Waals surface area contributed by atoms with Gasteiger partial charge in [0.1, 0.15) is 18.5 Å². The van der Waals surface area contributed by atoms with Crippen molar-refractivity contribution in [3.8, 4) is 5.75 Å². The van der Waals surface area contributed by atoms with E-state index in [0.29, 0.717) is 13.2 Å². The maximum absolute atomic E-state index is 9.97. The zero-order chi connectivity index (χ0) is 18.6. The van der Waals surface area contributed by atoms with Gasteiger partial charge in [-0.05, 0) is 57.0 Å². The number of aliphatic hydroxyl groups is 1. The van der Waals surface area contributed by atoms with E-state index in [1.807, 2.05) is 31.1 Å². The van der Waals surface area contributed by atoms with Crippen LogP contribution in [0.25, 0.3) is 0 Å². The van der Waals surface area contributed by atoms with Crippen LogP contribution in [0.3, 0.4) is 0 Å². The molecule has 1 atom stereocenters. The Morgan fingerprint density at radius 3 is 2.19 bits per heavy atom. The van der Waals surface area contributed by atoms with E-state index in [9.17, 15) is 5.11 Å². The Balaban J connectivity index is 0.00000364. The normalized spacial score (nSPS) is 11.9. The van der Waals surface area contributed by atoms with Gasteiger partial charge in [-0.2, -0.15) is 0 Å². The van der Waals surface area contributed by atoms with Gasteiger partial charge in [0.15, 0.2) is 0 Å². The summed E-state index contributed by atoms with van der Waals surface area (Å²) in [5.74, 6) is 0.912. The van der Waals surface area contributed by atoms with Crippen LogP contribution in [0, 0.1) is 0 Å². The van der Waals surface area contributed by atoms with Gasteiger partial charge in [0, 0.05) is 6.54 Å². The fourth-order valence-corrected chi connectivity index (χ4v) is 3.15. The minimum atomic E-state index is -0.462. The number of hydrogen-bond acceptors (Lipinski definition) is 3. The van der Waals surface area contributed by atoms with Crippen LogP contribution >= 0.6 is 12.4 Å². The highest BCUT2D eigenvalue weighted by Crippen LogP contribution is 2.21. The summed E-state index contributed by atoms with van der Waals surface area (Å²) >= 11 is 0. The van der Waals surface area contributed by atoms with Gasteiger partial charge < -0.3 is 14.7 Å². The molecule has 0 bridgehead atoms. The molecule has 150 valence electrons. The molecule has 4 heteroatoms. The minimum absolute atomic E-state index is 0.